The summed E-state index contributed by atoms with van der Waals surface area (Å²) in [6.45, 7) is 5.79. The smallest absolute Gasteiger partial charge is 0.119 e. The Hall–Kier alpha value is -0.710. The second kappa shape index (κ2) is 6.64. The highest BCUT2D eigenvalue weighted by Crippen LogP contribution is 2.24. The molecule has 3 rings (SSSR count). The van der Waals surface area contributed by atoms with Crippen LogP contribution < -0.4 is 10.1 Å². The number of hydrogen-bond donors (Lipinski definition) is 1. The van der Waals surface area contributed by atoms with E-state index in [9.17, 15) is 0 Å². The van der Waals surface area contributed by atoms with Crippen LogP contribution in [0.5, 0.6) is 5.75 Å². The van der Waals surface area contributed by atoms with Crippen LogP contribution >= 0.6 is 11.8 Å². The average Bonchev–Trinajstić information content (AvgIpc) is 2.43. The lowest BCUT2D eigenvalue weighted by Crippen LogP contribution is -2.44. The highest BCUT2D eigenvalue weighted by molar-refractivity contribution is 8.00. The Bertz CT molecular complexity index is 386. The molecule has 0 unspecified atom stereocenters. The molecule has 1 aromatic rings. The second-order valence-corrected chi connectivity index (χ2v) is 6.34. The number of ether oxygens (including phenoxy) is 1. The quantitative estimate of drug-likeness (QED) is 0.885. The number of rotatable bonds is 5. The van der Waals surface area contributed by atoms with Crippen LogP contribution in [0.15, 0.2) is 24.3 Å². The van der Waals surface area contributed by atoms with Gasteiger partial charge in [-0.2, -0.15) is 11.8 Å². The van der Waals surface area contributed by atoms with E-state index in [2.05, 4.69) is 34.5 Å². The van der Waals surface area contributed by atoms with Gasteiger partial charge in [-0.3, -0.25) is 0 Å². The Labute approximate surface area is 119 Å². The predicted molar refractivity (Wildman–Crippen MR) is 81.2 cm³/mol. The van der Waals surface area contributed by atoms with E-state index in [4.69, 9.17) is 4.74 Å². The van der Waals surface area contributed by atoms with E-state index in [1.165, 1.54) is 25.2 Å². The van der Waals surface area contributed by atoms with Gasteiger partial charge in [0.25, 0.3) is 0 Å². The fraction of sp³-hybridized carbons (Fsp3) is 0.600. The van der Waals surface area contributed by atoms with Gasteiger partial charge in [-0.1, -0.05) is 12.1 Å². The van der Waals surface area contributed by atoms with Crippen molar-refractivity contribution in [2.24, 2.45) is 0 Å². The monoisotopic (exact) mass is 278 g/mol. The van der Waals surface area contributed by atoms with Crippen LogP contribution in [0.3, 0.4) is 0 Å². The Kier molecular flexibility index (Phi) is 4.64. The molecule has 2 aliphatic rings. The zero-order valence-electron chi connectivity index (χ0n) is 11.3. The minimum atomic E-state index is 0.441. The molecule has 2 aliphatic heterocycles. The Morgan fingerprint density at radius 2 is 1.89 bits per heavy atom. The van der Waals surface area contributed by atoms with Crippen molar-refractivity contribution in [3.05, 3.63) is 29.8 Å². The zero-order chi connectivity index (χ0) is 12.9. The van der Waals surface area contributed by atoms with Gasteiger partial charge >= 0.3 is 0 Å². The maximum atomic E-state index is 5.86. The highest BCUT2D eigenvalue weighted by Gasteiger charge is 2.19. The van der Waals surface area contributed by atoms with Crippen molar-refractivity contribution in [2.75, 3.05) is 44.2 Å². The number of nitrogens with zero attached hydrogens (tertiary/aromatic N) is 1. The summed E-state index contributed by atoms with van der Waals surface area (Å²) in [5.74, 6) is 3.31. The first-order chi connectivity index (χ1) is 9.40. The van der Waals surface area contributed by atoms with Gasteiger partial charge in [-0.15, -0.1) is 0 Å². The molecule has 0 spiro atoms. The number of benzene rings is 1. The lowest BCUT2D eigenvalue weighted by atomic mass is 10.1. The Morgan fingerprint density at radius 3 is 2.53 bits per heavy atom. The largest absolute Gasteiger partial charge is 0.489 e. The zero-order valence-corrected chi connectivity index (χ0v) is 12.1. The summed E-state index contributed by atoms with van der Waals surface area (Å²) < 4.78 is 5.86. The van der Waals surface area contributed by atoms with Crippen LogP contribution in [0.1, 0.15) is 5.56 Å². The standard InChI is InChI=1S/C15H22N2OS/c1-3-14(18-15-11-19-12-15)4-2-13(1)5-8-17-9-6-16-7-10-17/h1-4,15-16H,5-12H2. The van der Waals surface area contributed by atoms with Gasteiger partial charge in [0, 0.05) is 44.2 Å². The number of nitrogens with one attached hydrogen (secondary N) is 1. The van der Waals surface area contributed by atoms with E-state index in [0.717, 1.165) is 36.8 Å². The molecule has 0 aromatic heterocycles. The van der Waals surface area contributed by atoms with E-state index in [-0.39, 0.29) is 0 Å². The first-order valence-electron chi connectivity index (χ1n) is 7.16. The molecule has 4 heteroatoms. The van der Waals surface area contributed by atoms with Crippen molar-refractivity contribution in [1.29, 1.82) is 0 Å². The van der Waals surface area contributed by atoms with Gasteiger partial charge in [0.1, 0.15) is 11.9 Å². The predicted octanol–water partition coefficient (Wildman–Crippen LogP) is 1.63. The van der Waals surface area contributed by atoms with Gasteiger partial charge in [-0.05, 0) is 24.1 Å². The third-order valence-electron chi connectivity index (χ3n) is 3.76. The maximum Gasteiger partial charge on any atom is 0.119 e. The summed E-state index contributed by atoms with van der Waals surface area (Å²) in [5, 5.41) is 3.39. The van der Waals surface area contributed by atoms with E-state index < -0.39 is 0 Å². The molecule has 2 saturated heterocycles. The minimum absolute atomic E-state index is 0.441. The van der Waals surface area contributed by atoms with Gasteiger partial charge in [-0.25, -0.2) is 0 Å². The normalized spacial score (nSPS) is 21.1. The first kappa shape index (κ1) is 13.3. The van der Waals surface area contributed by atoms with Crippen molar-refractivity contribution < 1.29 is 4.74 Å². The van der Waals surface area contributed by atoms with Crippen LogP contribution in [0, 0.1) is 0 Å². The average molecular weight is 278 g/mol. The third-order valence-corrected chi connectivity index (χ3v) is 4.97. The fourth-order valence-corrected chi connectivity index (χ4v) is 3.00. The molecular formula is C15H22N2OS. The second-order valence-electron chi connectivity index (χ2n) is 5.26. The first-order valence-corrected chi connectivity index (χ1v) is 8.32. The topological polar surface area (TPSA) is 24.5 Å². The molecular weight excluding hydrogens is 256 g/mol. The molecule has 2 heterocycles. The van der Waals surface area contributed by atoms with Crippen LogP contribution in [0.4, 0.5) is 0 Å². The number of hydrogen-bond acceptors (Lipinski definition) is 4. The number of thioether (sulfide) groups is 1. The molecule has 0 aliphatic carbocycles. The van der Waals surface area contributed by atoms with Crippen LogP contribution in [-0.2, 0) is 6.42 Å². The van der Waals surface area contributed by atoms with Gasteiger partial charge in [0.05, 0.1) is 0 Å². The van der Waals surface area contributed by atoms with Crippen LogP contribution in [0.25, 0.3) is 0 Å². The fourth-order valence-electron chi connectivity index (χ4n) is 2.43. The molecule has 1 N–H and O–H groups in total. The molecule has 104 valence electrons. The van der Waals surface area contributed by atoms with Gasteiger partial charge in [0.15, 0.2) is 0 Å². The van der Waals surface area contributed by atoms with Crippen LogP contribution in [-0.4, -0.2) is 55.2 Å². The molecule has 1 aromatic carbocycles. The van der Waals surface area contributed by atoms with Crippen molar-refractivity contribution in [2.45, 2.75) is 12.5 Å². The molecule has 19 heavy (non-hydrogen) atoms. The summed E-state index contributed by atoms with van der Waals surface area (Å²) in [6.07, 6.45) is 1.58. The number of piperazine rings is 1. The summed E-state index contributed by atoms with van der Waals surface area (Å²) in [6, 6.07) is 8.67. The minimum Gasteiger partial charge on any atom is -0.489 e. The highest BCUT2D eigenvalue weighted by atomic mass is 32.2. The summed E-state index contributed by atoms with van der Waals surface area (Å²) in [5.41, 5.74) is 1.41. The molecule has 2 fully saturated rings. The summed E-state index contributed by atoms with van der Waals surface area (Å²) in [7, 11) is 0. The lowest BCUT2D eigenvalue weighted by molar-refractivity contribution is 0.239. The SMILES string of the molecule is c1cc(OC2CSC2)ccc1CCN1CCNCC1. The van der Waals surface area contributed by atoms with E-state index >= 15 is 0 Å². The lowest BCUT2D eigenvalue weighted by Gasteiger charge is -2.27. The molecule has 0 saturated carbocycles. The molecule has 0 radical (unpaired) electrons. The van der Waals surface area contributed by atoms with Crippen LogP contribution in [0.2, 0.25) is 0 Å². The van der Waals surface area contributed by atoms with E-state index in [1.54, 1.807) is 0 Å². The molecule has 3 nitrogen and oxygen atoms in total. The van der Waals surface area contributed by atoms with Crippen molar-refractivity contribution in [3.8, 4) is 5.75 Å². The Balaban J connectivity index is 1.45. The van der Waals surface area contributed by atoms with E-state index in [1.807, 2.05) is 11.8 Å². The van der Waals surface area contributed by atoms with Crippen molar-refractivity contribution >= 4 is 11.8 Å². The summed E-state index contributed by atoms with van der Waals surface area (Å²) in [4.78, 5) is 2.53. The molecule has 0 atom stereocenters. The molecule has 0 amide bonds. The van der Waals surface area contributed by atoms with Gasteiger partial charge in [0.2, 0.25) is 0 Å². The third kappa shape index (κ3) is 3.88. The summed E-state index contributed by atoms with van der Waals surface area (Å²) >= 11 is 1.96. The van der Waals surface area contributed by atoms with Crippen molar-refractivity contribution in [1.82, 2.24) is 10.2 Å². The van der Waals surface area contributed by atoms with E-state index in [0.29, 0.717) is 6.10 Å². The Morgan fingerprint density at radius 1 is 1.16 bits per heavy atom. The maximum absolute atomic E-state index is 5.86. The van der Waals surface area contributed by atoms with Crippen molar-refractivity contribution in [3.63, 3.8) is 0 Å². The van der Waals surface area contributed by atoms with Gasteiger partial charge < -0.3 is 15.0 Å². The molecule has 0 bridgehead atoms.